The van der Waals surface area contributed by atoms with Gasteiger partial charge in [-0.15, -0.1) is 0 Å². The highest BCUT2D eigenvalue weighted by atomic mass is 127. The van der Waals surface area contributed by atoms with Crippen LogP contribution in [0.3, 0.4) is 0 Å². The lowest BCUT2D eigenvalue weighted by Gasteiger charge is -2.16. The van der Waals surface area contributed by atoms with Gasteiger partial charge in [-0.2, -0.15) is 0 Å². The van der Waals surface area contributed by atoms with Crippen LogP contribution in [0, 0.1) is 11.2 Å². The number of hydrogen-bond donors (Lipinski definition) is 2. The fourth-order valence-electron chi connectivity index (χ4n) is 3.27. The standard InChI is InChI=1S/C23H23FIN2OP.C2H6/c1-3-17-11-19(28-14-16-7-5-4-6-8-16)9-10-20(17)18-12-21(24)23(15(2)26)22(13-18)27-29-25;1-2/h4-13,26-27,29H,3,14H2,1-2H3;1-2H3. The van der Waals surface area contributed by atoms with Crippen molar-refractivity contribution in [1.29, 1.82) is 5.41 Å². The molecule has 0 saturated heterocycles. The average Bonchev–Trinajstić information content (AvgIpc) is 2.79. The van der Waals surface area contributed by atoms with Crippen LogP contribution in [0.25, 0.3) is 11.1 Å². The summed E-state index contributed by atoms with van der Waals surface area (Å²) in [5, 5.41) is 11.1. The molecule has 3 aromatic rings. The first-order valence-electron chi connectivity index (χ1n) is 10.3. The van der Waals surface area contributed by atoms with Gasteiger partial charge in [-0.05, 0) is 81.9 Å². The molecule has 0 bridgehead atoms. The van der Waals surface area contributed by atoms with Crippen molar-refractivity contribution in [2.24, 2.45) is 0 Å². The van der Waals surface area contributed by atoms with Gasteiger partial charge in [0.15, 0.2) is 0 Å². The van der Waals surface area contributed by atoms with Crippen molar-refractivity contribution in [3.63, 3.8) is 0 Å². The molecule has 0 amide bonds. The monoisotopic (exact) mass is 550 g/mol. The SMILES string of the molecule is CC.CCc1cc(OCc2ccccc2)ccc1-c1cc(F)c(C(C)=N)c(NPI)c1. The second-order valence-electron chi connectivity index (χ2n) is 6.67. The number of benzene rings is 3. The van der Waals surface area contributed by atoms with Crippen molar-refractivity contribution in [3.8, 4) is 16.9 Å². The fourth-order valence-corrected chi connectivity index (χ4v) is 4.44. The molecule has 0 radical (unpaired) electrons. The normalized spacial score (nSPS) is 10.5. The molecule has 3 nitrogen and oxygen atoms in total. The third-order valence-corrected chi connectivity index (χ3v) is 5.84. The maximum absolute atomic E-state index is 14.8. The highest BCUT2D eigenvalue weighted by Gasteiger charge is 2.15. The number of nitrogens with one attached hydrogen (secondary N) is 2. The number of halogens is 2. The predicted molar refractivity (Wildman–Crippen MR) is 142 cm³/mol. The highest BCUT2D eigenvalue weighted by Crippen LogP contribution is 2.35. The summed E-state index contributed by atoms with van der Waals surface area (Å²) in [6, 6.07) is 19.4. The summed E-state index contributed by atoms with van der Waals surface area (Å²) >= 11 is 2.21. The molecule has 0 aromatic heterocycles. The van der Waals surface area contributed by atoms with Gasteiger partial charge in [-0.25, -0.2) is 4.39 Å². The zero-order valence-electron chi connectivity index (χ0n) is 18.4. The Morgan fingerprint density at radius 1 is 1.10 bits per heavy atom. The first kappa shape index (κ1) is 25.3. The molecule has 1 unspecified atom stereocenters. The van der Waals surface area contributed by atoms with Crippen molar-refractivity contribution in [1.82, 2.24) is 0 Å². The third kappa shape index (κ3) is 6.75. The smallest absolute Gasteiger partial charge is 0.134 e. The lowest BCUT2D eigenvalue weighted by Crippen LogP contribution is -2.03. The Morgan fingerprint density at radius 2 is 1.81 bits per heavy atom. The Hall–Kier alpha value is -1.98. The number of rotatable bonds is 8. The number of anilines is 1. The molecule has 164 valence electrons. The van der Waals surface area contributed by atoms with E-state index in [2.05, 4.69) is 34.1 Å². The largest absolute Gasteiger partial charge is 0.489 e. The first-order valence-corrected chi connectivity index (χ1v) is 14.5. The van der Waals surface area contributed by atoms with Gasteiger partial charge in [0.2, 0.25) is 0 Å². The molecule has 0 heterocycles. The van der Waals surface area contributed by atoms with Crippen LogP contribution in [0.1, 0.15) is 44.4 Å². The average molecular weight is 550 g/mol. The van der Waals surface area contributed by atoms with E-state index in [9.17, 15) is 4.39 Å². The molecular formula is C25H29FIN2OP. The third-order valence-electron chi connectivity index (χ3n) is 4.66. The first-order chi connectivity index (χ1) is 15.0. The van der Waals surface area contributed by atoms with Gasteiger partial charge < -0.3 is 15.2 Å². The predicted octanol–water partition coefficient (Wildman–Crippen LogP) is 8.40. The van der Waals surface area contributed by atoms with Crippen LogP contribution in [0.15, 0.2) is 60.7 Å². The Morgan fingerprint density at radius 3 is 2.42 bits per heavy atom. The summed E-state index contributed by atoms with van der Waals surface area (Å²) < 4.78 is 20.7. The van der Waals surface area contributed by atoms with Crippen molar-refractivity contribution in [2.75, 3.05) is 5.09 Å². The van der Waals surface area contributed by atoms with Gasteiger partial charge in [0.25, 0.3) is 0 Å². The molecule has 0 spiro atoms. The van der Waals surface area contributed by atoms with Crippen LogP contribution in [0.4, 0.5) is 10.1 Å². The maximum atomic E-state index is 14.8. The zero-order chi connectivity index (χ0) is 22.8. The number of ether oxygens (including phenoxy) is 1. The Balaban J connectivity index is 0.00000166. The Bertz CT molecular complexity index is 1010. The van der Waals surface area contributed by atoms with E-state index < -0.39 is 0 Å². The van der Waals surface area contributed by atoms with Crippen molar-refractivity contribution in [2.45, 2.75) is 40.7 Å². The quantitative estimate of drug-likeness (QED) is 0.168. The molecular weight excluding hydrogens is 521 g/mol. The van der Waals surface area contributed by atoms with Gasteiger partial charge in [-0.3, -0.25) is 0 Å². The van der Waals surface area contributed by atoms with E-state index in [1.54, 1.807) is 6.92 Å². The summed E-state index contributed by atoms with van der Waals surface area (Å²) in [7, 11) is 0. The summed E-state index contributed by atoms with van der Waals surface area (Å²) in [5.41, 5.74) is 5.20. The van der Waals surface area contributed by atoms with Gasteiger partial charge >= 0.3 is 0 Å². The van der Waals surface area contributed by atoms with E-state index in [4.69, 9.17) is 10.1 Å². The minimum Gasteiger partial charge on any atom is -0.489 e. The molecule has 1 atom stereocenters. The topological polar surface area (TPSA) is 45.1 Å². The van der Waals surface area contributed by atoms with E-state index in [-0.39, 0.29) is 11.5 Å². The Kier molecular flexibility index (Phi) is 10.4. The summed E-state index contributed by atoms with van der Waals surface area (Å²) in [6.07, 6.45) is 1.20. The van der Waals surface area contributed by atoms with E-state index in [1.165, 1.54) is 6.07 Å². The van der Waals surface area contributed by atoms with Gasteiger partial charge in [0, 0.05) is 12.1 Å². The number of aryl methyl sites for hydroxylation is 1. The minimum absolute atomic E-state index is 0.214. The molecule has 0 fully saturated rings. The second-order valence-corrected chi connectivity index (χ2v) is 8.73. The molecule has 3 rings (SSSR count). The van der Waals surface area contributed by atoms with Gasteiger partial charge in [0.1, 0.15) is 18.2 Å². The van der Waals surface area contributed by atoms with Crippen molar-refractivity contribution >= 4 is 39.8 Å². The maximum Gasteiger partial charge on any atom is 0.134 e. The van der Waals surface area contributed by atoms with Crippen LogP contribution < -0.4 is 9.82 Å². The molecule has 0 aliphatic heterocycles. The summed E-state index contributed by atoms with van der Waals surface area (Å²) in [5.74, 6) is 0.424. The molecule has 6 heteroatoms. The van der Waals surface area contributed by atoms with Gasteiger partial charge in [-0.1, -0.05) is 57.2 Å². The van der Waals surface area contributed by atoms with Crippen LogP contribution in [0.5, 0.6) is 5.75 Å². The highest BCUT2D eigenvalue weighted by molar-refractivity contribution is 14.2. The van der Waals surface area contributed by atoms with E-state index in [0.717, 1.165) is 34.4 Å². The van der Waals surface area contributed by atoms with Crippen LogP contribution >= 0.6 is 28.4 Å². The molecule has 31 heavy (non-hydrogen) atoms. The van der Waals surface area contributed by atoms with E-state index >= 15 is 0 Å². The van der Waals surface area contributed by atoms with Crippen LogP contribution in [-0.4, -0.2) is 5.71 Å². The van der Waals surface area contributed by atoms with Crippen molar-refractivity contribution in [3.05, 3.63) is 83.2 Å². The van der Waals surface area contributed by atoms with E-state index in [0.29, 0.717) is 24.2 Å². The molecule has 0 saturated carbocycles. The molecule has 0 aliphatic rings. The van der Waals surface area contributed by atoms with Gasteiger partial charge in [0.05, 0.1) is 11.3 Å². The molecule has 0 aliphatic carbocycles. The number of hydrogen-bond acceptors (Lipinski definition) is 3. The van der Waals surface area contributed by atoms with Crippen LogP contribution in [-0.2, 0) is 13.0 Å². The Labute approximate surface area is 199 Å². The minimum atomic E-state index is -0.376. The second kappa shape index (κ2) is 12.8. The summed E-state index contributed by atoms with van der Waals surface area (Å²) in [6.45, 7) is 8.20. The molecule has 2 N–H and O–H groups in total. The fraction of sp³-hybridized carbons (Fsp3) is 0.240. The lowest BCUT2D eigenvalue weighted by molar-refractivity contribution is 0.306. The van der Waals surface area contributed by atoms with Crippen LogP contribution in [0.2, 0.25) is 0 Å². The van der Waals surface area contributed by atoms with E-state index in [1.807, 2.05) is 68.4 Å². The lowest BCUT2D eigenvalue weighted by atomic mass is 9.95. The summed E-state index contributed by atoms with van der Waals surface area (Å²) in [4.78, 5) is 0. The zero-order valence-corrected chi connectivity index (χ0v) is 21.5. The molecule has 3 aromatic carbocycles. The van der Waals surface area contributed by atoms with Crippen molar-refractivity contribution < 1.29 is 9.13 Å².